The summed E-state index contributed by atoms with van der Waals surface area (Å²) in [6.45, 7) is 0. The summed E-state index contributed by atoms with van der Waals surface area (Å²) in [5, 5.41) is 1.81. The molecular weight excluding hydrogens is 227 g/mol. The maximum atomic E-state index is 12.8. The van der Waals surface area contributed by atoms with Crippen LogP contribution in [0.25, 0.3) is 11.1 Å². The smallest absolute Gasteiger partial charge is 0.348 e. The van der Waals surface area contributed by atoms with Crippen molar-refractivity contribution < 1.29 is 13.9 Å². The second-order valence-corrected chi connectivity index (χ2v) is 4.08. The van der Waals surface area contributed by atoms with Crippen LogP contribution in [0.2, 0.25) is 0 Å². The summed E-state index contributed by atoms with van der Waals surface area (Å²) in [7, 11) is 1.34. The third kappa shape index (κ3) is 1.97. The van der Waals surface area contributed by atoms with Crippen LogP contribution in [0, 0.1) is 5.82 Å². The Bertz CT molecular complexity index is 502. The van der Waals surface area contributed by atoms with Gasteiger partial charge >= 0.3 is 5.97 Å². The van der Waals surface area contributed by atoms with Crippen LogP contribution in [-0.4, -0.2) is 13.1 Å². The van der Waals surface area contributed by atoms with Gasteiger partial charge in [0.25, 0.3) is 0 Å². The zero-order chi connectivity index (χ0) is 11.5. The van der Waals surface area contributed by atoms with Gasteiger partial charge in [-0.1, -0.05) is 12.1 Å². The van der Waals surface area contributed by atoms with Gasteiger partial charge in [0.1, 0.15) is 10.7 Å². The van der Waals surface area contributed by atoms with Gasteiger partial charge in [-0.15, -0.1) is 11.3 Å². The van der Waals surface area contributed by atoms with Crippen molar-refractivity contribution in [2.75, 3.05) is 7.11 Å². The van der Waals surface area contributed by atoms with Crippen LogP contribution in [0.15, 0.2) is 35.7 Å². The van der Waals surface area contributed by atoms with Gasteiger partial charge < -0.3 is 4.74 Å². The lowest BCUT2D eigenvalue weighted by atomic mass is 10.1. The number of rotatable bonds is 2. The Morgan fingerprint density at radius 1 is 1.25 bits per heavy atom. The van der Waals surface area contributed by atoms with E-state index in [1.165, 1.54) is 30.6 Å². The highest BCUT2D eigenvalue weighted by Gasteiger charge is 2.14. The fraction of sp³-hybridized carbons (Fsp3) is 0.0833. The van der Waals surface area contributed by atoms with Crippen LogP contribution in [0.3, 0.4) is 0 Å². The first-order valence-electron chi connectivity index (χ1n) is 4.64. The second-order valence-electron chi connectivity index (χ2n) is 3.16. The molecule has 0 fully saturated rings. The Labute approximate surface area is 96.3 Å². The van der Waals surface area contributed by atoms with Gasteiger partial charge in [-0.3, -0.25) is 0 Å². The van der Waals surface area contributed by atoms with Crippen molar-refractivity contribution in [2.45, 2.75) is 0 Å². The lowest BCUT2D eigenvalue weighted by Crippen LogP contribution is -1.99. The first-order valence-corrected chi connectivity index (χ1v) is 5.52. The molecule has 1 heterocycles. The van der Waals surface area contributed by atoms with Gasteiger partial charge in [-0.2, -0.15) is 0 Å². The number of benzene rings is 1. The predicted molar refractivity (Wildman–Crippen MR) is 61.1 cm³/mol. The van der Waals surface area contributed by atoms with E-state index in [2.05, 4.69) is 4.74 Å². The van der Waals surface area contributed by atoms with Crippen LogP contribution in [0.1, 0.15) is 9.67 Å². The molecule has 0 bridgehead atoms. The van der Waals surface area contributed by atoms with Crippen LogP contribution in [0.4, 0.5) is 4.39 Å². The molecule has 0 spiro atoms. The van der Waals surface area contributed by atoms with E-state index in [9.17, 15) is 9.18 Å². The summed E-state index contributed by atoms with van der Waals surface area (Å²) < 4.78 is 17.4. The van der Waals surface area contributed by atoms with Crippen molar-refractivity contribution in [2.24, 2.45) is 0 Å². The lowest BCUT2D eigenvalue weighted by molar-refractivity contribution is 0.0607. The molecule has 2 aromatic rings. The monoisotopic (exact) mass is 236 g/mol. The number of carbonyl (C=O) groups is 1. The molecule has 0 aliphatic heterocycles. The molecule has 1 aromatic carbocycles. The molecule has 16 heavy (non-hydrogen) atoms. The van der Waals surface area contributed by atoms with Crippen molar-refractivity contribution in [1.29, 1.82) is 0 Å². The minimum absolute atomic E-state index is 0.293. The van der Waals surface area contributed by atoms with Crippen LogP contribution >= 0.6 is 11.3 Å². The SMILES string of the molecule is COC(=O)c1sccc1-c1ccc(F)cc1. The molecule has 2 rings (SSSR count). The molecule has 82 valence electrons. The molecular formula is C12H9FO2S. The van der Waals surface area contributed by atoms with Crippen LogP contribution in [-0.2, 0) is 4.74 Å². The largest absolute Gasteiger partial charge is 0.465 e. The molecule has 0 radical (unpaired) electrons. The fourth-order valence-electron chi connectivity index (χ4n) is 1.42. The number of methoxy groups -OCH3 is 1. The fourth-order valence-corrected chi connectivity index (χ4v) is 2.25. The Hall–Kier alpha value is -1.68. The summed E-state index contributed by atoms with van der Waals surface area (Å²) in [4.78, 5) is 12.0. The molecule has 4 heteroatoms. The van der Waals surface area contributed by atoms with Gasteiger partial charge in [0, 0.05) is 5.56 Å². The normalized spacial score (nSPS) is 10.1. The summed E-state index contributed by atoms with van der Waals surface area (Å²) in [6.07, 6.45) is 0. The highest BCUT2D eigenvalue weighted by molar-refractivity contribution is 7.12. The van der Waals surface area contributed by atoms with Crippen LogP contribution in [0.5, 0.6) is 0 Å². The highest BCUT2D eigenvalue weighted by Crippen LogP contribution is 2.28. The molecule has 0 amide bonds. The average Bonchev–Trinajstić information content (AvgIpc) is 2.78. The molecule has 0 saturated carbocycles. The summed E-state index contributed by atoms with van der Waals surface area (Å²) in [6, 6.07) is 7.85. The van der Waals surface area contributed by atoms with E-state index in [1.807, 2.05) is 11.4 Å². The number of hydrogen-bond acceptors (Lipinski definition) is 3. The first kappa shape index (κ1) is 10.8. The quantitative estimate of drug-likeness (QED) is 0.747. The minimum atomic E-state index is -0.366. The molecule has 0 aliphatic rings. The maximum absolute atomic E-state index is 12.8. The number of carbonyl (C=O) groups excluding carboxylic acids is 1. The van der Waals surface area contributed by atoms with Gasteiger partial charge in [0.15, 0.2) is 0 Å². The van der Waals surface area contributed by atoms with Gasteiger partial charge in [-0.05, 0) is 29.1 Å². The van der Waals surface area contributed by atoms with E-state index >= 15 is 0 Å². The van der Waals surface area contributed by atoms with Gasteiger partial charge in [0.2, 0.25) is 0 Å². The molecule has 1 aromatic heterocycles. The number of hydrogen-bond donors (Lipinski definition) is 0. The third-order valence-corrected chi connectivity index (χ3v) is 3.09. The maximum Gasteiger partial charge on any atom is 0.348 e. The van der Waals surface area contributed by atoms with E-state index in [1.54, 1.807) is 12.1 Å². The molecule has 0 atom stereocenters. The average molecular weight is 236 g/mol. The summed E-state index contributed by atoms with van der Waals surface area (Å²) in [5.74, 6) is -0.659. The Balaban J connectivity index is 2.44. The van der Waals surface area contributed by atoms with E-state index in [4.69, 9.17) is 0 Å². The summed E-state index contributed by atoms with van der Waals surface area (Å²) >= 11 is 1.31. The zero-order valence-electron chi connectivity index (χ0n) is 8.57. The molecule has 0 aliphatic carbocycles. The lowest BCUT2D eigenvalue weighted by Gasteiger charge is -2.02. The Morgan fingerprint density at radius 2 is 1.94 bits per heavy atom. The number of ether oxygens (including phenoxy) is 1. The zero-order valence-corrected chi connectivity index (χ0v) is 9.38. The summed E-state index contributed by atoms with van der Waals surface area (Å²) in [5.41, 5.74) is 1.58. The third-order valence-electron chi connectivity index (χ3n) is 2.19. The molecule has 2 nitrogen and oxygen atoms in total. The number of halogens is 1. The predicted octanol–water partition coefficient (Wildman–Crippen LogP) is 3.34. The molecule has 0 unspecified atom stereocenters. The van der Waals surface area contributed by atoms with Gasteiger partial charge in [0.05, 0.1) is 7.11 Å². The minimum Gasteiger partial charge on any atom is -0.465 e. The molecule has 0 saturated heterocycles. The molecule has 0 N–H and O–H groups in total. The first-order chi connectivity index (χ1) is 7.72. The Morgan fingerprint density at radius 3 is 2.56 bits per heavy atom. The van der Waals surface area contributed by atoms with Crippen molar-refractivity contribution in [3.05, 3.63) is 46.4 Å². The van der Waals surface area contributed by atoms with E-state index in [0.717, 1.165) is 11.1 Å². The number of thiophene rings is 1. The van der Waals surface area contributed by atoms with Crippen LogP contribution < -0.4 is 0 Å². The van der Waals surface area contributed by atoms with E-state index < -0.39 is 0 Å². The second kappa shape index (κ2) is 4.45. The van der Waals surface area contributed by atoms with Crippen molar-refractivity contribution >= 4 is 17.3 Å². The van der Waals surface area contributed by atoms with Crippen molar-refractivity contribution in [3.8, 4) is 11.1 Å². The van der Waals surface area contributed by atoms with E-state index in [-0.39, 0.29) is 11.8 Å². The van der Waals surface area contributed by atoms with E-state index in [0.29, 0.717) is 4.88 Å². The topological polar surface area (TPSA) is 26.3 Å². The highest BCUT2D eigenvalue weighted by atomic mass is 32.1. The van der Waals surface area contributed by atoms with Crippen molar-refractivity contribution in [3.63, 3.8) is 0 Å². The standard InChI is InChI=1S/C12H9FO2S/c1-15-12(14)11-10(6-7-16-11)8-2-4-9(13)5-3-8/h2-7H,1H3. The Kier molecular flexibility index (Phi) is 3.01. The number of esters is 1. The van der Waals surface area contributed by atoms with Crippen molar-refractivity contribution in [1.82, 2.24) is 0 Å². The van der Waals surface area contributed by atoms with Gasteiger partial charge in [-0.25, -0.2) is 9.18 Å².